The van der Waals surface area contributed by atoms with E-state index in [4.69, 9.17) is 0 Å². The van der Waals surface area contributed by atoms with Crippen LogP contribution in [0, 0.1) is 5.92 Å². The molecule has 0 aliphatic carbocycles. The van der Waals surface area contributed by atoms with Crippen LogP contribution in [0.4, 0.5) is 0 Å². The van der Waals surface area contributed by atoms with Crippen molar-refractivity contribution in [2.45, 2.75) is 26.2 Å². The minimum absolute atomic E-state index is 0.814. The van der Waals surface area contributed by atoms with E-state index in [0.717, 1.165) is 49.4 Å². The molecule has 0 spiro atoms. The fraction of sp³-hybridized carbons (Fsp3) is 0.562. The highest BCUT2D eigenvalue weighted by Crippen LogP contribution is 2.15. The Morgan fingerprint density at radius 2 is 2.14 bits per heavy atom. The number of guanidine groups is 1. The molecule has 3 rings (SSSR count). The van der Waals surface area contributed by atoms with Crippen LogP contribution >= 0.6 is 0 Å². The number of piperidine rings is 1. The van der Waals surface area contributed by atoms with E-state index in [0.29, 0.717) is 0 Å². The number of rotatable bonds is 3. The highest BCUT2D eigenvalue weighted by atomic mass is 15.3. The number of likely N-dealkylation sites (tertiary alicyclic amines) is 1. The van der Waals surface area contributed by atoms with Gasteiger partial charge in [-0.1, -0.05) is 13.0 Å². The third kappa shape index (κ3) is 3.21. The van der Waals surface area contributed by atoms with Crippen molar-refractivity contribution in [2.75, 3.05) is 26.7 Å². The van der Waals surface area contributed by atoms with Gasteiger partial charge in [0.25, 0.3) is 0 Å². The van der Waals surface area contributed by atoms with Gasteiger partial charge in [-0.25, -0.2) is 0 Å². The first-order chi connectivity index (χ1) is 10.8. The van der Waals surface area contributed by atoms with Gasteiger partial charge in [0.15, 0.2) is 11.6 Å². The molecule has 1 N–H and O–H groups in total. The lowest BCUT2D eigenvalue weighted by Gasteiger charge is -2.32. The molecular formula is C16H24N6. The Balaban J connectivity index is 1.55. The van der Waals surface area contributed by atoms with Gasteiger partial charge in [0.2, 0.25) is 0 Å². The third-order valence-corrected chi connectivity index (χ3v) is 4.31. The summed E-state index contributed by atoms with van der Waals surface area (Å²) in [6.45, 7) is 5.32. The fourth-order valence-electron chi connectivity index (χ4n) is 2.90. The van der Waals surface area contributed by atoms with E-state index in [-0.39, 0.29) is 0 Å². The summed E-state index contributed by atoms with van der Waals surface area (Å²) in [6, 6.07) is 5.95. The van der Waals surface area contributed by atoms with Gasteiger partial charge in [-0.15, -0.1) is 10.2 Å². The zero-order valence-electron chi connectivity index (χ0n) is 13.4. The number of nitrogens with zero attached hydrogens (tertiary/aromatic N) is 5. The van der Waals surface area contributed by atoms with Gasteiger partial charge in [-0.3, -0.25) is 9.39 Å². The lowest BCUT2D eigenvalue weighted by Crippen LogP contribution is -2.45. The molecule has 3 heterocycles. The lowest BCUT2D eigenvalue weighted by molar-refractivity contribution is 0.273. The van der Waals surface area contributed by atoms with Crippen LogP contribution in [0.5, 0.6) is 0 Å². The second-order valence-electron chi connectivity index (χ2n) is 5.94. The average Bonchev–Trinajstić information content (AvgIpc) is 2.96. The van der Waals surface area contributed by atoms with Crippen LogP contribution in [-0.2, 0) is 6.42 Å². The van der Waals surface area contributed by atoms with E-state index in [1.807, 2.05) is 35.8 Å². The smallest absolute Gasteiger partial charge is 0.193 e. The van der Waals surface area contributed by atoms with E-state index in [1.165, 1.54) is 12.8 Å². The van der Waals surface area contributed by atoms with E-state index in [1.54, 1.807) is 0 Å². The van der Waals surface area contributed by atoms with Crippen molar-refractivity contribution in [1.29, 1.82) is 0 Å². The second kappa shape index (κ2) is 6.77. The summed E-state index contributed by atoms with van der Waals surface area (Å²) in [5.41, 5.74) is 0.895. The topological polar surface area (TPSA) is 57.8 Å². The Morgan fingerprint density at radius 3 is 2.91 bits per heavy atom. The molecule has 0 bridgehead atoms. The van der Waals surface area contributed by atoms with Crippen LogP contribution in [-0.4, -0.2) is 52.1 Å². The maximum absolute atomic E-state index is 4.41. The van der Waals surface area contributed by atoms with Gasteiger partial charge >= 0.3 is 0 Å². The normalized spacial score (nSPS) is 17.2. The average molecular weight is 300 g/mol. The van der Waals surface area contributed by atoms with Crippen LogP contribution < -0.4 is 5.32 Å². The predicted molar refractivity (Wildman–Crippen MR) is 88.0 cm³/mol. The summed E-state index contributed by atoms with van der Waals surface area (Å²) >= 11 is 0. The first-order valence-corrected chi connectivity index (χ1v) is 8.02. The van der Waals surface area contributed by atoms with Crippen LogP contribution in [0.3, 0.4) is 0 Å². The second-order valence-corrected chi connectivity index (χ2v) is 5.94. The number of fused-ring (bicyclic) bond motifs is 1. The first kappa shape index (κ1) is 14.8. The van der Waals surface area contributed by atoms with Gasteiger partial charge in [0.05, 0.1) is 0 Å². The Labute approximate surface area is 131 Å². The van der Waals surface area contributed by atoms with Crippen LogP contribution in [0.25, 0.3) is 5.65 Å². The monoisotopic (exact) mass is 300 g/mol. The Bertz CT molecular complexity index is 639. The molecule has 0 radical (unpaired) electrons. The number of aromatic nitrogens is 3. The summed E-state index contributed by atoms with van der Waals surface area (Å²) in [7, 11) is 1.85. The molecule has 22 heavy (non-hydrogen) atoms. The molecule has 1 saturated heterocycles. The largest absolute Gasteiger partial charge is 0.356 e. The van der Waals surface area contributed by atoms with Crippen molar-refractivity contribution in [3.63, 3.8) is 0 Å². The minimum atomic E-state index is 0.814. The highest BCUT2D eigenvalue weighted by Gasteiger charge is 2.18. The van der Waals surface area contributed by atoms with Crippen LogP contribution in [0.1, 0.15) is 25.6 Å². The summed E-state index contributed by atoms with van der Waals surface area (Å²) in [4.78, 5) is 6.76. The van der Waals surface area contributed by atoms with Crippen molar-refractivity contribution in [3.05, 3.63) is 30.2 Å². The van der Waals surface area contributed by atoms with Gasteiger partial charge in [0.1, 0.15) is 5.82 Å². The molecular weight excluding hydrogens is 276 g/mol. The van der Waals surface area contributed by atoms with E-state index in [2.05, 4.69) is 32.3 Å². The number of nitrogens with one attached hydrogen (secondary N) is 1. The fourth-order valence-corrected chi connectivity index (χ4v) is 2.90. The minimum Gasteiger partial charge on any atom is -0.356 e. The van der Waals surface area contributed by atoms with Gasteiger partial charge in [-0.2, -0.15) is 0 Å². The van der Waals surface area contributed by atoms with Gasteiger partial charge in [-0.05, 0) is 30.9 Å². The summed E-state index contributed by atoms with van der Waals surface area (Å²) in [6.07, 6.45) is 5.32. The Kier molecular flexibility index (Phi) is 4.56. The molecule has 2 aromatic heterocycles. The number of hydrogen-bond acceptors (Lipinski definition) is 3. The van der Waals surface area contributed by atoms with Crippen molar-refractivity contribution < 1.29 is 0 Å². The molecule has 118 valence electrons. The zero-order valence-corrected chi connectivity index (χ0v) is 13.4. The van der Waals surface area contributed by atoms with E-state index < -0.39 is 0 Å². The molecule has 0 saturated carbocycles. The first-order valence-electron chi connectivity index (χ1n) is 8.02. The molecule has 1 fully saturated rings. The van der Waals surface area contributed by atoms with Crippen molar-refractivity contribution in [1.82, 2.24) is 24.8 Å². The molecule has 0 unspecified atom stereocenters. The van der Waals surface area contributed by atoms with E-state index in [9.17, 15) is 0 Å². The van der Waals surface area contributed by atoms with E-state index >= 15 is 0 Å². The highest BCUT2D eigenvalue weighted by molar-refractivity contribution is 5.79. The summed E-state index contributed by atoms with van der Waals surface area (Å²) < 4.78 is 2.03. The molecule has 0 amide bonds. The Hall–Kier alpha value is -2.11. The van der Waals surface area contributed by atoms with Crippen molar-refractivity contribution in [2.24, 2.45) is 10.9 Å². The van der Waals surface area contributed by atoms with Gasteiger partial charge < -0.3 is 10.2 Å². The molecule has 6 nitrogen and oxygen atoms in total. The molecule has 1 aliphatic rings. The maximum atomic E-state index is 4.41. The molecule has 0 aromatic carbocycles. The number of hydrogen-bond donors (Lipinski definition) is 1. The molecule has 0 atom stereocenters. The van der Waals surface area contributed by atoms with Gasteiger partial charge in [0, 0.05) is 39.3 Å². The molecule has 2 aromatic rings. The number of pyridine rings is 1. The SMILES string of the molecule is CN=C(NCCc1nnc2ccccn12)N1CCC(C)CC1. The van der Waals surface area contributed by atoms with Crippen LogP contribution in [0.15, 0.2) is 29.4 Å². The van der Waals surface area contributed by atoms with Crippen LogP contribution in [0.2, 0.25) is 0 Å². The summed E-state index contributed by atoms with van der Waals surface area (Å²) in [5, 5.41) is 11.9. The third-order valence-electron chi connectivity index (χ3n) is 4.31. The number of aliphatic imine (C=N–C) groups is 1. The Morgan fingerprint density at radius 1 is 1.32 bits per heavy atom. The molecule has 6 heteroatoms. The van der Waals surface area contributed by atoms with Crippen molar-refractivity contribution in [3.8, 4) is 0 Å². The zero-order chi connectivity index (χ0) is 15.4. The standard InChI is InChI=1S/C16H24N6/c1-13-7-11-21(12-8-13)16(17-2)18-9-6-15-20-19-14-5-3-4-10-22(14)15/h3-5,10,13H,6-9,11-12H2,1-2H3,(H,17,18). The predicted octanol–water partition coefficient (Wildman–Crippen LogP) is 1.58. The quantitative estimate of drug-likeness (QED) is 0.691. The summed E-state index contributed by atoms with van der Waals surface area (Å²) in [5.74, 6) is 2.81. The lowest BCUT2D eigenvalue weighted by atomic mass is 10.00. The van der Waals surface area contributed by atoms with Crippen molar-refractivity contribution >= 4 is 11.6 Å². The molecule has 1 aliphatic heterocycles. The maximum Gasteiger partial charge on any atom is 0.193 e.